The van der Waals surface area contributed by atoms with Crippen molar-refractivity contribution in [1.82, 2.24) is 0 Å². The Morgan fingerprint density at radius 1 is 1.13 bits per heavy atom. The Morgan fingerprint density at radius 2 is 1.83 bits per heavy atom. The first-order valence-electron chi connectivity index (χ1n) is 6.75. The summed E-state index contributed by atoms with van der Waals surface area (Å²) >= 11 is 0. The third-order valence-corrected chi connectivity index (χ3v) is 3.22. The van der Waals surface area contributed by atoms with Gasteiger partial charge < -0.3 is 24.3 Å². The summed E-state index contributed by atoms with van der Waals surface area (Å²) in [5, 5.41) is 11.8. The highest BCUT2D eigenvalue weighted by molar-refractivity contribution is 6.05. The summed E-state index contributed by atoms with van der Waals surface area (Å²) in [6, 6.07) is 4.35. The van der Waals surface area contributed by atoms with Gasteiger partial charge in [-0.05, 0) is 32.0 Å². The van der Waals surface area contributed by atoms with Crippen molar-refractivity contribution < 1.29 is 28.6 Å². The molecule has 1 aromatic carbocycles. The van der Waals surface area contributed by atoms with E-state index in [4.69, 9.17) is 19.0 Å². The molecule has 0 fully saturated rings. The molecule has 0 aliphatic carbocycles. The quantitative estimate of drug-likeness (QED) is 0.879. The number of rotatable bonds is 5. The van der Waals surface area contributed by atoms with Crippen molar-refractivity contribution in [3.05, 3.63) is 40.8 Å². The average Bonchev–Trinajstić information content (AvgIpc) is 2.84. The maximum absolute atomic E-state index is 12.3. The number of carboxylic acid groups (broad SMARTS) is 1. The lowest BCUT2D eigenvalue weighted by Gasteiger charge is -2.14. The van der Waals surface area contributed by atoms with Gasteiger partial charge in [0, 0.05) is 5.56 Å². The number of benzene rings is 1. The van der Waals surface area contributed by atoms with Gasteiger partial charge in [0.15, 0.2) is 17.3 Å². The zero-order valence-corrected chi connectivity index (χ0v) is 13.2. The van der Waals surface area contributed by atoms with Crippen molar-refractivity contribution in [2.45, 2.75) is 13.8 Å². The minimum Gasteiger partial charge on any atom is -0.493 e. The average molecular weight is 319 g/mol. The van der Waals surface area contributed by atoms with Crippen LogP contribution in [-0.2, 0) is 0 Å². The van der Waals surface area contributed by atoms with E-state index in [9.17, 15) is 9.59 Å². The smallest absolute Gasteiger partial charge is 0.335 e. The molecule has 122 valence electrons. The third-order valence-electron chi connectivity index (χ3n) is 3.22. The lowest BCUT2D eigenvalue weighted by Crippen LogP contribution is -2.14. The third kappa shape index (κ3) is 3.28. The van der Waals surface area contributed by atoms with Crippen LogP contribution in [0.5, 0.6) is 11.5 Å². The van der Waals surface area contributed by atoms with Gasteiger partial charge >= 0.3 is 5.97 Å². The summed E-state index contributed by atoms with van der Waals surface area (Å²) in [6.07, 6.45) is 0. The van der Waals surface area contributed by atoms with Gasteiger partial charge in [0.1, 0.15) is 5.76 Å². The van der Waals surface area contributed by atoms with E-state index in [1.165, 1.54) is 26.4 Å². The number of hydrogen-bond donors (Lipinski definition) is 2. The number of amides is 1. The molecule has 0 bridgehead atoms. The van der Waals surface area contributed by atoms with Crippen LogP contribution in [0.3, 0.4) is 0 Å². The predicted octanol–water partition coefficient (Wildman–Crippen LogP) is 2.86. The fourth-order valence-corrected chi connectivity index (χ4v) is 2.23. The summed E-state index contributed by atoms with van der Waals surface area (Å²) in [4.78, 5) is 23.6. The van der Waals surface area contributed by atoms with Gasteiger partial charge in [0.2, 0.25) is 0 Å². The van der Waals surface area contributed by atoms with Crippen LogP contribution in [0, 0.1) is 13.8 Å². The van der Waals surface area contributed by atoms with E-state index in [1.807, 2.05) is 0 Å². The molecular weight excluding hydrogens is 302 g/mol. The van der Waals surface area contributed by atoms with Crippen LogP contribution >= 0.6 is 0 Å². The van der Waals surface area contributed by atoms with Crippen LogP contribution in [0.15, 0.2) is 22.6 Å². The molecule has 0 aliphatic rings. The largest absolute Gasteiger partial charge is 0.493 e. The molecule has 0 saturated carbocycles. The molecule has 2 N–H and O–H groups in total. The number of aromatic carboxylic acids is 1. The molecule has 1 heterocycles. The lowest BCUT2D eigenvalue weighted by molar-refractivity contribution is 0.0696. The van der Waals surface area contributed by atoms with E-state index in [1.54, 1.807) is 19.9 Å². The summed E-state index contributed by atoms with van der Waals surface area (Å²) in [7, 11) is 2.78. The molecule has 7 heteroatoms. The second-order valence-corrected chi connectivity index (χ2v) is 4.89. The van der Waals surface area contributed by atoms with Crippen LogP contribution in [0.25, 0.3) is 0 Å². The van der Waals surface area contributed by atoms with Crippen LogP contribution < -0.4 is 14.8 Å². The normalized spacial score (nSPS) is 10.3. The van der Waals surface area contributed by atoms with E-state index in [0.717, 1.165) is 0 Å². The van der Waals surface area contributed by atoms with Crippen LogP contribution in [-0.4, -0.2) is 31.2 Å². The molecule has 0 radical (unpaired) electrons. The number of carbonyl (C=O) groups is 2. The van der Waals surface area contributed by atoms with E-state index < -0.39 is 11.9 Å². The Bertz CT molecular complexity index is 762. The first-order chi connectivity index (χ1) is 10.9. The van der Waals surface area contributed by atoms with Crippen molar-refractivity contribution in [2.24, 2.45) is 0 Å². The van der Waals surface area contributed by atoms with Crippen LogP contribution in [0.1, 0.15) is 32.2 Å². The van der Waals surface area contributed by atoms with Gasteiger partial charge in [-0.15, -0.1) is 0 Å². The summed E-state index contributed by atoms with van der Waals surface area (Å²) in [6.45, 7) is 3.48. The zero-order valence-electron chi connectivity index (χ0n) is 13.2. The first kappa shape index (κ1) is 16.4. The van der Waals surface area contributed by atoms with Crippen LogP contribution in [0.2, 0.25) is 0 Å². The maximum Gasteiger partial charge on any atom is 0.335 e. The molecule has 0 saturated heterocycles. The Hall–Kier alpha value is -2.96. The highest BCUT2D eigenvalue weighted by Gasteiger charge is 2.20. The molecule has 2 aromatic rings. The molecule has 0 aliphatic heterocycles. The van der Waals surface area contributed by atoms with E-state index in [-0.39, 0.29) is 28.5 Å². The molecule has 2 rings (SSSR count). The molecule has 23 heavy (non-hydrogen) atoms. The van der Waals surface area contributed by atoms with Gasteiger partial charge in [-0.1, -0.05) is 0 Å². The second kappa shape index (κ2) is 6.43. The van der Waals surface area contributed by atoms with Crippen molar-refractivity contribution in [3.63, 3.8) is 0 Å². The second-order valence-electron chi connectivity index (χ2n) is 4.89. The maximum atomic E-state index is 12.3. The van der Waals surface area contributed by atoms with Gasteiger partial charge in [-0.3, -0.25) is 4.79 Å². The van der Waals surface area contributed by atoms with Crippen molar-refractivity contribution in [2.75, 3.05) is 19.5 Å². The van der Waals surface area contributed by atoms with E-state index in [0.29, 0.717) is 11.3 Å². The molecule has 0 spiro atoms. The summed E-state index contributed by atoms with van der Waals surface area (Å²) < 4.78 is 15.7. The summed E-state index contributed by atoms with van der Waals surface area (Å²) in [5.74, 6) is -0.451. The zero-order chi connectivity index (χ0) is 17.1. The number of methoxy groups -OCH3 is 2. The fraction of sp³-hybridized carbons (Fsp3) is 0.250. The molecule has 0 atom stereocenters. The number of aryl methyl sites for hydroxylation is 2. The highest BCUT2D eigenvalue weighted by Crippen LogP contribution is 2.37. The van der Waals surface area contributed by atoms with Gasteiger partial charge in [-0.2, -0.15) is 0 Å². The number of carboxylic acids is 1. The monoisotopic (exact) mass is 319 g/mol. The minimum atomic E-state index is -1.15. The van der Waals surface area contributed by atoms with Gasteiger partial charge in [0.25, 0.3) is 5.91 Å². The van der Waals surface area contributed by atoms with Crippen molar-refractivity contribution in [3.8, 4) is 11.5 Å². The Morgan fingerprint density at radius 3 is 2.30 bits per heavy atom. The fourth-order valence-electron chi connectivity index (χ4n) is 2.23. The van der Waals surface area contributed by atoms with Gasteiger partial charge in [0.05, 0.1) is 25.5 Å². The number of anilines is 1. The molecular formula is C16H17NO6. The molecule has 1 amide bonds. The van der Waals surface area contributed by atoms with Crippen molar-refractivity contribution in [1.29, 1.82) is 0 Å². The Balaban J connectivity index is 2.45. The molecule has 7 nitrogen and oxygen atoms in total. The standard InChI is InChI=1S/C16H17NO6/c1-8-5-9(2)23-13(8)15(18)17-11-6-10(16(19)20)7-12(21-3)14(11)22-4/h5-7H,1-4H3,(H,17,18)(H,19,20). The van der Waals surface area contributed by atoms with E-state index in [2.05, 4.69) is 5.32 Å². The Kier molecular flexibility index (Phi) is 4.59. The topological polar surface area (TPSA) is 98.0 Å². The number of furan rings is 1. The van der Waals surface area contributed by atoms with Crippen LogP contribution in [0.4, 0.5) is 5.69 Å². The minimum absolute atomic E-state index is 0.0368. The number of nitrogens with one attached hydrogen (secondary N) is 1. The van der Waals surface area contributed by atoms with Crippen molar-refractivity contribution >= 4 is 17.6 Å². The predicted molar refractivity (Wildman–Crippen MR) is 82.6 cm³/mol. The number of ether oxygens (including phenoxy) is 2. The summed E-state index contributed by atoms with van der Waals surface area (Å²) in [5.41, 5.74) is 0.827. The first-order valence-corrected chi connectivity index (χ1v) is 6.75. The Labute approximate surface area is 132 Å². The lowest BCUT2D eigenvalue weighted by atomic mass is 10.1. The molecule has 1 aromatic heterocycles. The highest BCUT2D eigenvalue weighted by atomic mass is 16.5. The number of hydrogen-bond acceptors (Lipinski definition) is 5. The SMILES string of the molecule is COc1cc(C(=O)O)cc(NC(=O)c2oc(C)cc2C)c1OC. The molecule has 0 unspecified atom stereocenters. The van der Waals surface area contributed by atoms with E-state index >= 15 is 0 Å². The number of carbonyl (C=O) groups excluding carboxylic acids is 1. The van der Waals surface area contributed by atoms with Gasteiger partial charge in [-0.25, -0.2) is 4.79 Å².